The molecule has 1 saturated heterocycles. The Morgan fingerprint density at radius 3 is 1.50 bits per heavy atom. The van der Waals surface area contributed by atoms with E-state index in [4.69, 9.17) is 14.9 Å². The molecule has 6 nitrogen and oxygen atoms in total. The molecule has 1 unspecified atom stereocenters. The van der Waals surface area contributed by atoms with Gasteiger partial charge in [0.2, 0.25) is 0 Å². The molecule has 0 spiro atoms. The Morgan fingerprint density at radius 1 is 0.794 bits per heavy atom. The molecule has 1 heterocycles. The number of carbonyl (C=O) groups is 1. The van der Waals surface area contributed by atoms with Crippen molar-refractivity contribution < 1.29 is 19.7 Å². The maximum Gasteiger partial charge on any atom is 0.332 e. The molecule has 0 aromatic heterocycles. The first-order chi connectivity index (χ1) is 16.4. The standard InChI is InChI=1S/C21H45N.C4H9NO.C3H6O3/c1-4-19-22-20-17-15-13-11-9-7-5-6-8-10-12-14-16-18-21(2)3;1-3-6-4-2-5-1;1-2(4)3(5)6/h21-22H,4-20H2,1-3H3;5H,1-4H2;2,4H,1H3,(H,5,6). The summed E-state index contributed by atoms with van der Waals surface area (Å²) in [7, 11) is 0. The van der Waals surface area contributed by atoms with E-state index in [1.54, 1.807) is 0 Å². The van der Waals surface area contributed by atoms with Crippen molar-refractivity contribution in [2.45, 2.75) is 130 Å². The maximum atomic E-state index is 9.45. The zero-order valence-corrected chi connectivity index (χ0v) is 23.2. The molecule has 0 aromatic rings. The highest BCUT2D eigenvalue weighted by Crippen LogP contribution is 2.14. The molecule has 206 valence electrons. The number of ether oxygens (including phenoxy) is 1. The predicted octanol–water partition coefficient (Wildman–Crippen LogP) is 6.16. The molecule has 1 aliphatic heterocycles. The Bertz CT molecular complexity index is 377. The van der Waals surface area contributed by atoms with E-state index in [1.807, 2.05) is 0 Å². The van der Waals surface area contributed by atoms with E-state index in [0.717, 1.165) is 32.2 Å². The van der Waals surface area contributed by atoms with E-state index in [1.165, 1.54) is 116 Å². The van der Waals surface area contributed by atoms with Crippen molar-refractivity contribution in [3.05, 3.63) is 0 Å². The average Bonchev–Trinajstić information content (AvgIpc) is 2.83. The zero-order valence-electron chi connectivity index (χ0n) is 23.2. The lowest BCUT2D eigenvalue weighted by Gasteiger charge is -2.10. The summed E-state index contributed by atoms with van der Waals surface area (Å²) in [5, 5.41) is 22.4. The monoisotopic (exact) mass is 488 g/mol. The third kappa shape index (κ3) is 35.9. The van der Waals surface area contributed by atoms with Gasteiger partial charge in [0.1, 0.15) is 6.10 Å². The van der Waals surface area contributed by atoms with Crippen molar-refractivity contribution in [1.82, 2.24) is 10.6 Å². The number of unbranched alkanes of at least 4 members (excludes halogenated alkanes) is 12. The molecule has 0 saturated carbocycles. The summed E-state index contributed by atoms with van der Waals surface area (Å²) in [6.07, 6.45) is 20.4. The molecule has 0 bridgehead atoms. The molecule has 4 N–H and O–H groups in total. The van der Waals surface area contributed by atoms with Crippen LogP contribution >= 0.6 is 0 Å². The van der Waals surface area contributed by atoms with E-state index in [2.05, 4.69) is 31.4 Å². The van der Waals surface area contributed by atoms with E-state index >= 15 is 0 Å². The first kappa shape index (κ1) is 35.5. The average molecular weight is 489 g/mol. The molecule has 0 radical (unpaired) electrons. The predicted molar refractivity (Wildman–Crippen MR) is 146 cm³/mol. The van der Waals surface area contributed by atoms with Crippen molar-refractivity contribution in [1.29, 1.82) is 0 Å². The minimum atomic E-state index is -1.23. The smallest absolute Gasteiger partial charge is 0.332 e. The molecule has 1 aliphatic rings. The van der Waals surface area contributed by atoms with Crippen LogP contribution in [-0.4, -0.2) is 61.7 Å². The van der Waals surface area contributed by atoms with Gasteiger partial charge in [0.25, 0.3) is 0 Å². The zero-order chi connectivity index (χ0) is 25.7. The lowest BCUT2D eigenvalue weighted by atomic mass is 10.0. The van der Waals surface area contributed by atoms with E-state index in [-0.39, 0.29) is 0 Å². The van der Waals surface area contributed by atoms with Gasteiger partial charge in [0.05, 0.1) is 13.2 Å². The second kappa shape index (κ2) is 30.3. The number of aliphatic hydroxyl groups excluding tert-OH is 1. The summed E-state index contributed by atoms with van der Waals surface area (Å²) < 4.78 is 5.01. The highest BCUT2D eigenvalue weighted by atomic mass is 16.5. The van der Waals surface area contributed by atoms with Crippen molar-refractivity contribution in [3.63, 3.8) is 0 Å². The van der Waals surface area contributed by atoms with Crippen LogP contribution in [0, 0.1) is 5.92 Å². The van der Waals surface area contributed by atoms with Gasteiger partial charge < -0.3 is 25.6 Å². The number of nitrogens with one attached hydrogen (secondary N) is 2. The third-order valence-electron chi connectivity index (χ3n) is 5.77. The van der Waals surface area contributed by atoms with Gasteiger partial charge in [-0.25, -0.2) is 4.79 Å². The van der Waals surface area contributed by atoms with Crippen molar-refractivity contribution in [2.75, 3.05) is 39.4 Å². The number of morpholine rings is 1. The number of aliphatic hydroxyl groups is 1. The number of aliphatic carboxylic acids is 1. The number of rotatable bonds is 19. The molecule has 1 rings (SSSR count). The van der Waals surface area contributed by atoms with Gasteiger partial charge in [-0.1, -0.05) is 104 Å². The van der Waals surface area contributed by atoms with Crippen LogP contribution in [0.25, 0.3) is 0 Å². The van der Waals surface area contributed by atoms with Gasteiger partial charge in [-0.05, 0) is 38.8 Å². The maximum absolute atomic E-state index is 9.45. The van der Waals surface area contributed by atoms with Crippen molar-refractivity contribution >= 4 is 5.97 Å². The van der Waals surface area contributed by atoms with Gasteiger partial charge >= 0.3 is 5.97 Å². The summed E-state index contributed by atoms with van der Waals surface area (Å²) in [6, 6.07) is 0. The molecular formula is C28H60N2O4. The Balaban J connectivity index is 0. The van der Waals surface area contributed by atoms with E-state index in [9.17, 15) is 4.79 Å². The Hall–Kier alpha value is -0.690. The van der Waals surface area contributed by atoms with Crippen LogP contribution in [-0.2, 0) is 9.53 Å². The fourth-order valence-corrected chi connectivity index (χ4v) is 3.56. The number of hydrogen-bond donors (Lipinski definition) is 4. The van der Waals surface area contributed by atoms with Crippen LogP contribution in [0.5, 0.6) is 0 Å². The summed E-state index contributed by atoms with van der Waals surface area (Å²) in [6.45, 7) is 14.4. The SMILES string of the molecule is C1COCCN1.CC(O)C(=O)O.CCCNCCCCCCCCCCCCCCCC(C)C. The van der Waals surface area contributed by atoms with Crippen LogP contribution in [0.4, 0.5) is 0 Å². The van der Waals surface area contributed by atoms with Crippen LogP contribution < -0.4 is 10.6 Å². The fraction of sp³-hybridized carbons (Fsp3) is 0.964. The molecule has 0 aliphatic carbocycles. The third-order valence-corrected chi connectivity index (χ3v) is 5.77. The lowest BCUT2D eigenvalue weighted by molar-refractivity contribution is -0.145. The first-order valence-corrected chi connectivity index (χ1v) is 14.3. The minimum absolute atomic E-state index is 0.889. The number of carboxylic acids is 1. The highest BCUT2D eigenvalue weighted by molar-refractivity contribution is 5.71. The Morgan fingerprint density at radius 2 is 1.21 bits per heavy atom. The summed E-state index contributed by atoms with van der Waals surface area (Å²) >= 11 is 0. The van der Waals surface area contributed by atoms with E-state index < -0.39 is 12.1 Å². The summed E-state index contributed by atoms with van der Waals surface area (Å²) in [5.74, 6) is -0.289. The molecule has 0 aromatic carbocycles. The molecule has 0 amide bonds. The van der Waals surface area contributed by atoms with Gasteiger partial charge in [-0.2, -0.15) is 0 Å². The summed E-state index contributed by atoms with van der Waals surface area (Å²) in [4.78, 5) is 9.45. The van der Waals surface area contributed by atoms with Gasteiger partial charge in [-0.15, -0.1) is 0 Å². The Labute approximate surface area is 212 Å². The van der Waals surface area contributed by atoms with Gasteiger partial charge in [0.15, 0.2) is 0 Å². The number of hydrogen-bond acceptors (Lipinski definition) is 5. The molecular weight excluding hydrogens is 428 g/mol. The largest absolute Gasteiger partial charge is 0.479 e. The molecule has 6 heteroatoms. The Kier molecular flexibility index (Phi) is 31.7. The van der Waals surface area contributed by atoms with Crippen LogP contribution in [0.3, 0.4) is 0 Å². The molecule has 1 fully saturated rings. The van der Waals surface area contributed by atoms with Crippen molar-refractivity contribution in [3.8, 4) is 0 Å². The normalized spacial score (nSPS) is 14.1. The van der Waals surface area contributed by atoms with Crippen molar-refractivity contribution in [2.24, 2.45) is 5.92 Å². The fourth-order valence-electron chi connectivity index (χ4n) is 3.56. The molecule has 34 heavy (non-hydrogen) atoms. The second-order valence-corrected chi connectivity index (χ2v) is 9.91. The quantitative estimate of drug-likeness (QED) is 0.163. The topological polar surface area (TPSA) is 90.8 Å². The lowest BCUT2D eigenvalue weighted by Crippen LogP contribution is -2.30. The highest BCUT2D eigenvalue weighted by Gasteiger charge is 2.01. The number of carboxylic acid groups (broad SMARTS) is 1. The second-order valence-electron chi connectivity index (χ2n) is 9.91. The van der Waals surface area contributed by atoms with Crippen LogP contribution in [0.1, 0.15) is 124 Å². The van der Waals surface area contributed by atoms with Crippen LogP contribution in [0.2, 0.25) is 0 Å². The van der Waals surface area contributed by atoms with E-state index in [0.29, 0.717) is 0 Å². The minimum Gasteiger partial charge on any atom is -0.479 e. The van der Waals surface area contributed by atoms with Crippen LogP contribution in [0.15, 0.2) is 0 Å². The first-order valence-electron chi connectivity index (χ1n) is 14.3. The van der Waals surface area contributed by atoms with Gasteiger partial charge in [0, 0.05) is 13.1 Å². The van der Waals surface area contributed by atoms with Gasteiger partial charge in [-0.3, -0.25) is 0 Å². The molecule has 1 atom stereocenters. The summed E-state index contributed by atoms with van der Waals surface area (Å²) in [5.41, 5.74) is 0.